The molecule has 2 aromatic rings. The third-order valence-electron chi connectivity index (χ3n) is 3.67. The summed E-state index contributed by atoms with van der Waals surface area (Å²) in [5, 5.41) is 19.3. The molecule has 0 saturated carbocycles. The van der Waals surface area contributed by atoms with Gasteiger partial charge in [-0.1, -0.05) is 36.5 Å². The Morgan fingerprint density at radius 2 is 1.75 bits per heavy atom. The fourth-order valence-corrected chi connectivity index (χ4v) is 2.74. The number of hydrogen-bond donors (Lipinski definition) is 1. The zero-order chi connectivity index (χ0) is 17.4. The third kappa shape index (κ3) is 2.42. The van der Waals surface area contributed by atoms with Gasteiger partial charge in [0.1, 0.15) is 0 Å². The van der Waals surface area contributed by atoms with Crippen LogP contribution in [-0.2, 0) is 0 Å². The highest BCUT2D eigenvalue weighted by atomic mass is 32.1. The molecule has 1 saturated heterocycles. The molecule has 0 aromatic heterocycles. The summed E-state index contributed by atoms with van der Waals surface area (Å²) in [5.41, 5.74) is 1.14. The van der Waals surface area contributed by atoms with E-state index in [1.807, 2.05) is 0 Å². The molecule has 3 rings (SSSR count). The number of carbonyl (C=O) groups excluding carboxylic acids is 1. The molecular formula is C16H12N4O3S. The van der Waals surface area contributed by atoms with Crippen LogP contribution in [0.25, 0.3) is 0 Å². The van der Waals surface area contributed by atoms with Crippen LogP contribution in [-0.4, -0.2) is 21.8 Å². The molecule has 7 nitrogen and oxygen atoms in total. The number of nitro benzene ring substituents is 1. The summed E-state index contributed by atoms with van der Waals surface area (Å²) in [4.78, 5) is 25.7. The molecule has 1 N–H and O–H groups in total. The van der Waals surface area contributed by atoms with Gasteiger partial charge in [0.15, 0.2) is 10.8 Å². The van der Waals surface area contributed by atoms with Crippen LogP contribution in [0, 0.1) is 22.4 Å². The Labute approximate surface area is 142 Å². The SMILES string of the molecule is Cc1ccc(N2C(=N)C(=S)N(c3ccccc3)C2=O)cc1[N+](=O)[O-]. The van der Waals surface area contributed by atoms with Gasteiger partial charge in [-0.2, -0.15) is 0 Å². The Morgan fingerprint density at radius 3 is 2.38 bits per heavy atom. The van der Waals surface area contributed by atoms with E-state index in [1.54, 1.807) is 49.4 Å². The van der Waals surface area contributed by atoms with Crippen molar-refractivity contribution >= 4 is 46.1 Å². The first-order valence-electron chi connectivity index (χ1n) is 6.99. The molecule has 2 amide bonds. The van der Waals surface area contributed by atoms with Gasteiger partial charge < -0.3 is 0 Å². The summed E-state index contributed by atoms with van der Waals surface area (Å²) in [7, 11) is 0. The molecule has 1 heterocycles. The normalized spacial score (nSPS) is 14.5. The lowest BCUT2D eigenvalue weighted by Gasteiger charge is -2.17. The molecule has 2 aromatic carbocycles. The Kier molecular flexibility index (Phi) is 3.82. The topological polar surface area (TPSA) is 90.5 Å². The van der Waals surface area contributed by atoms with Crippen LogP contribution in [0.5, 0.6) is 0 Å². The van der Waals surface area contributed by atoms with E-state index >= 15 is 0 Å². The number of rotatable bonds is 3. The summed E-state index contributed by atoms with van der Waals surface area (Å²) in [6, 6.07) is 12.6. The van der Waals surface area contributed by atoms with E-state index in [-0.39, 0.29) is 22.2 Å². The van der Waals surface area contributed by atoms with Gasteiger partial charge in [-0.25, -0.2) is 14.6 Å². The summed E-state index contributed by atoms with van der Waals surface area (Å²) < 4.78 is 0. The second-order valence-electron chi connectivity index (χ2n) is 5.17. The third-order valence-corrected chi connectivity index (χ3v) is 4.05. The van der Waals surface area contributed by atoms with Gasteiger partial charge in [0.25, 0.3) is 5.69 Å². The van der Waals surface area contributed by atoms with Crippen molar-refractivity contribution in [2.45, 2.75) is 6.92 Å². The molecule has 0 radical (unpaired) electrons. The number of thiocarbonyl (C=S) groups is 1. The number of amidine groups is 1. The summed E-state index contributed by atoms with van der Waals surface area (Å²) in [6.07, 6.45) is 0. The van der Waals surface area contributed by atoms with Crippen molar-refractivity contribution in [1.82, 2.24) is 0 Å². The average Bonchev–Trinajstić information content (AvgIpc) is 2.78. The number of urea groups is 1. The van der Waals surface area contributed by atoms with Crippen molar-refractivity contribution in [3.8, 4) is 0 Å². The minimum absolute atomic E-state index is 0.0504. The Hall–Kier alpha value is -3.13. The fraction of sp³-hybridized carbons (Fsp3) is 0.0625. The molecule has 0 unspecified atom stereocenters. The molecule has 8 heteroatoms. The second kappa shape index (κ2) is 5.82. The van der Waals surface area contributed by atoms with E-state index in [9.17, 15) is 14.9 Å². The zero-order valence-corrected chi connectivity index (χ0v) is 13.4. The number of hydrogen-bond acceptors (Lipinski definition) is 5. The first-order chi connectivity index (χ1) is 11.4. The van der Waals surface area contributed by atoms with Crippen LogP contribution in [0.2, 0.25) is 0 Å². The van der Waals surface area contributed by atoms with Crippen LogP contribution in [0.15, 0.2) is 48.5 Å². The number of benzene rings is 2. The predicted molar refractivity (Wildman–Crippen MR) is 95.0 cm³/mol. The Morgan fingerprint density at radius 1 is 1.08 bits per heavy atom. The zero-order valence-electron chi connectivity index (χ0n) is 12.6. The highest BCUT2D eigenvalue weighted by Gasteiger charge is 2.40. The number of amides is 2. The number of carbonyl (C=O) groups is 1. The van der Waals surface area contributed by atoms with Gasteiger partial charge in [0.05, 0.1) is 16.3 Å². The number of para-hydroxylation sites is 1. The maximum atomic E-state index is 12.7. The number of anilines is 2. The highest BCUT2D eigenvalue weighted by molar-refractivity contribution is 7.82. The van der Waals surface area contributed by atoms with E-state index < -0.39 is 11.0 Å². The Balaban J connectivity index is 2.05. The van der Waals surface area contributed by atoms with Crippen molar-refractivity contribution < 1.29 is 9.72 Å². The van der Waals surface area contributed by atoms with Gasteiger partial charge in [-0.05, 0) is 25.1 Å². The summed E-state index contributed by atoms with van der Waals surface area (Å²) in [6.45, 7) is 1.61. The second-order valence-corrected chi connectivity index (χ2v) is 5.56. The largest absolute Gasteiger partial charge is 0.340 e. The molecule has 1 fully saturated rings. The van der Waals surface area contributed by atoms with Crippen molar-refractivity contribution in [3.63, 3.8) is 0 Å². The smallest absolute Gasteiger partial charge is 0.281 e. The summed E-state index contributed by atoms with van der Waals surface area (Å²) in [5.74, 6) is -0.183. The van der Waals surface area contributed by atoms with Crippen molar-refractivity contribution in [1.29, 1.82) is 5.41 Å². The van der Waals surface area contributed by atoms with E-state index in [1.165, 1.54) is 11.0 Å². The van der Waals surface area contributed by atoms with Crippen molar-refractivity contribution in [2.24, 2.45) is 0 Å². The van der Waals surface area contributed by atoms with Crippen LogP contribution in [0.1, 0.15) is 5.56 Å². The monoisotopic (exact) mass is 340 g/mol. The molecule has 1 aliphatic heterocycles. The quantitative estimate of drug-likeness (QED) is 0.524. The molecule has 0 aliphatic carbocycles. The molecule has 1 aliphatic rings. The van der Waals surface area contributed by atoms with Gasteiger partial charge in [0.2, 0.25) is 0 Å². The van der Waals surface area contributed by atoms with Crippen molar-refractivity contribution in [2.75, 3.05) is 9.80 Å². The van der Waals surface area contributed by atoms with E-state index in [0.717, 1.165) is 4.90 Å². The first kappa shape index (κ1) is 15.8. The highest BCUT2D eigenvalue weighted by Crippen LogP contribution is 2.31. The average molecular weight is 340 g/mol. The minimum atomic E-state index is -0.533. The van der Waals surface area contributed by atoms with E-state index in [2.05, 4.69) is 0 Å². The Bertz CT molecular complexity index is 882. The minimum Gasteiger partial charge on any atom is -0.281 e. The lowest BCUT2D eigenvalue weighted by molar-refractivity contribution is -0.385. The van der Waals surface area contributed by atoms with Crippen LogP contribution >= 0.6 is 12.2 Å². The van der Waals surface area contributed by atoms with Gasteiger partial charge in [-0.3, -0.25) is 15.5 Å². The number of nitro groups is 1. The molecule has 0 spiro atoms. The van der Waals surface area contributed by atoms with E-state index in [4.69, 9.17) is 17.6 Å². The van der Waals surface area contributed by atoms with Crippen LogP contribution < -0.4 is 9.80 Å². The summed E-state index contributed by atoms with van der Waals surface area (Å²) >= 11 is 5.21. The molecular weight excluding hydrogens is 328 g/mol. The maximum Gasteiger partial charge on any atom is 0.340 e. The van der Waals surface area contributed by atoms with Crippen LogP contribution in [0.3, 0.4) is 0 Å². The first-order valence-corrected chi connectivity index (χ1v) is 7.40. The van der Waals surface area contributed by atoms with Crippen LogP contribution in [0.4, 0.5) is 21.9 Å². The maximum absolute atomic E-state index is 12.7. The molecule has 24 heavy (non-hydrogen) atoms. The predicted octanol–water partition coefficient (Wildman–Crippen LogP) is 3.65. The van der Waals surface area contributed by atoms with Gasteiger partial charge in [0, 0.05) is 11.6 Å². The fourth-order valence-electron chi connectivity index (χ4n) is 2.46. The number of aryl methyl sites for hydroxylation is 1. The number of nitrogens with one attached hydrogen (secondary N) is 1. The lowest BCUT2D eigenvalue weighted by atomic mass is 10.1. The van der Waals surface area contributed by atoms with Gasteiger partial charge >= 0.3 is 6.03 Å². The molecule has 0 bridgehead atoms. The van der Waals surface area contributed by atoms with Gasteiger partial charge in [-0.15, -0.1) is 0 Å². The van der Waals surface area contributed by atoms with Crippen molar-refractivity contribution in [3.05, 3.63) is 64.2 Å². The molecule has 0 atom stereocenters. The van der Waals surface area contributed by atoms with E-state index in [0.29, 0.717) is 11.3 Å². The molecule has 120 valence electrons. The number of nitrogens with zero attached hydrogens (tertiary/aromatic N) is 3. The standard InChI is InChI=1S/C16H12N4O3S/c1-10-7-8-12(9-13(10)20(22)23)18-14(17)15(24)19(16(18)21)11-5-3-2-4-6-11/h2-9,17H,1H3. The lowest BCUT2D eigenvalue weighted by Crippen LogP contribution is -2.33.